The molecule has 0 saturated heterocycles. The van der Waals surface area contributed by atoms with Gasteiger partial charge in [0.05, 0.1) is 0 Å². The Bertz CT molecular complexity index is 2730. The van der Waals surface area contributed by atoms with Crippen molar-refractivity contribution < 1.29 is 0 Å². The lowest BCUT2D eigenvalue weighted by molar-refractivity contribution is 1.07. The highest BCUT2D eigenvalue weighted by molar-refractivity contribution is 7.26. The zero-order valence-corrected chi connectivity index (χ0v) is 26.0. The first-order valence-electron chi connectivity index (χ1n) is 15.8. The molecule has 47 heavy (non-hydrogen) atoms. The molecule has 2 heterocycles. The summed E-state index contributed by atoms with van der Waals surface area (Å²) in [5, 5.41) is 10.5. The Morgan fingerprint density at radius 2 is 0.894 bits per heavy atom. The largest absolute Gasteiger partial charge is 0.208 e. The van der Waals surface area contributed by atoms with E-state index in [0.717, 1.165) is 22.3 Å². The van der Waals surface area contributed by atoms with Gasteiger partial charge in [0.1, 0.15) is 0 Å². The Morgan fingerprint density at radius 1 is 0.362 bits per heavy atom. The maximum absolute atomic E-state index is 5.00. The lowest BCUT2D eigenvalue weighted by atomic mass is 9.90. The van der Waals surface area contributed by atoms with Gasteiger partial charge in [0.15, 0.2) is 17.5 Å². The van der Waals surface area contributed by atoms with E-state index in [-0.39, 0.29) is 0 Å². The third-order valence-electron chi connectivity index (χ3n) is 9.24. The van der Waals surface area contributed by atoms with Crippen LogP contribution in [0, 0.1) is 0 Å². The second-order valence-corrected chi connectivity index (χ2v) is 13.1. The van der Waals surface area contributed by atoms with Gasteiger partial charge in [-0.2, -0.15) is 0 Å². The van der Waals surface area contributed by atoms with E-state index in [2.05, 4.69) is 91.0 Å². The molecule has 0 unspecified atom stereocenters. The van der Waals surface area contributed by atoms with Gasteiger partial charge in [-0.05, 0) is 67.7 Å². The third-order valence-corrected chi connectivity index (χ3v) is 10.4. The second kappa shape index (κ2) is 10.3. The fraction of sp³-hybridized carbons (Fsp3) is 0. The summed E-state index contributed by atoms with van der Waals surface area (Å²) in [7, 11) is 0. The van der Waals surface area contributed by atoms with Crippen LogP contribution in [0.1, 0.15) is 0 Å². The van der Waals surface area contributed by atoms with Crippen LogP contribution in [0.2, 0.25) is 0 Å². The van der Waals surface area contributed by atoms with Gasteiger partial charge >= 0.3 is 0 Å². The molecule has 0 aliphatic heterocycles. The van der Waals surface area contributed by atoms with Crippen LogP contribution in [0.25, 0.3) is 97.8 Å². The van der Waals surface area contributed by atoms with Gasteiger partial charge in [-0.15, -0.1) is 11.3 Å². The van der Waals surface area contributed by atoms with Gasteiger partial charge in [-0.1, -0.05) is 127 Å². The summed E-state index contributed by atoms with van der Waals surface area (Å²) in [6, 6.07) is 53.7. The molecule has 0 atom stereocenters. The van der Waals surface area contributed by atoms with Crippen molar-refractivity contribution in [3.05, 3.63) is 152 Å². The van der Waals surface area contributed by atoms with Crippen LogP contribution in [0.4, 0.5) is 0 Å². The number of hydrogen-bond donors (Lipinski definition) is 0. The first-order valence-corrected chi connectivity index (χ1v) is 16.6. The first kappa shape index (κ1) is 26.3. The Kier molecular flexibility index (Phi) is 5.74. The minimum Gasteiger partial charge on any atom is -0.208 e. The highest BCUT2D eigenvalue weighted by atomic mass is 32.1. The predicted octanol–water partition coefficient (Wildman–Crippen LogP) is 11.8. The fourth-order valence-electron chi connectivity index (χ4n) is 7.05. The van der Waals surface area contributed by atoms with Crippen molar-refractivity contribution in [2.75, 3.05) is 0 Å². The van der Waals surface area contributed by atoms with Crippen molar-refractivity contribution >= 4 is 63.8 Å². The predicted molar refractivity (Wildman–Crippen MR) is 198 cm³/mol. The molecule has 218 valence electrons. The van der Waals surface area contributed by atoms with E-state index in [0.29, 0.717) is 17.5 Å². The number of thiophene rings is 1. The van der Waals surface area contributed by atoms with Crippen LogP contribution in [-0.2, 0) is 0 Å². The van der Waals surface area contributed by atoms with Crippen LogP contribution < -0.4 is 0 Å². The lowest BCUT2D eigenvalue weighted by Gasteiger charge is -2.13. The van der Waals surface area contributed by atoms with Crippen LogP contribution in [0.5, 0.6) is 0 Å². The van der Waals surface area contributed by atoms with Gasteiger partial charge in [0.25, 0.3) is 0 Å². The maximum atomic E-state index is 5.00. The van der Waals surface area contributed by atoms with E-state index in [1.807, 2.05) is 72.0 Å². The molecule has 10 rings (SSSR count). The van der Waals surface area contributed by atoms with Crippen molar-refractivity contribution in [1.82, 2.24) is 15.0 Å². The van der Waals surface area contributed by atoms with E-state index >= 15 is 0 Å². The van der Waals surface area contributed by atoms with E-state index in [4.69, 9.17) is 15.0 Å². The number of hydrogen-bond acceptors (Lipinski definition) is 4. The SMILES string of the molecule is c1ccc(-c2nc(-c3ccccc3)nc(-c3cccc(-c4ccc5c6cc7ccccc7cc6c6cccc7sc4c5c76)c3)n2)cc1. The van der Waals surface area contributed by atoms with Crippen LogP contribution in [0.15, 0.2) is 152 Å². The number of aromatic nitrogens is 3. The average molecular weight is 616 g/mol. The van der Waals surface area contributed by atoms with Gasteiger partial charge in [0.2, 0.25) is 0 Å². The molecule has 0 aliphatic rings. The smallest absolute Gasteiger partial charge is 0.164 e. The van der Waals surface area contributed by atoms with Gasteiger partial charge < -0.3 is 0 Å². The number of benzene rings is 8. The highest BCUT2D eigenvalue weighted by Crippen LogP contribution is 2.49. The molecule has 2 aromatic heterocycles. The normalized spacial score (nSPS) is 11.8. The molecular formula is C43H25N3S. The number of nitrogens with zero attached hydrogens (tertiary/aromatic N) is 3. The van der Waals surface area contributed by atoms with Crippen molar-refractivity contribution in [1.29, 1.82) is 0 Å². The monoisotopic (exact) mass is 615 g/mol. The van der Waals surface area contributed by atoms with Crippen molar-refractivity contribution in [2.45, 2.75) is 0 Å². The fourth-order valence-corrected chi connectivity index (χ4v) is 8.34. The summed E-state index contributed by atoms with van der Waals surface area (Å²) in [5.74, 6) is 1.99. The van der Waals surface area contributed by atoms with Crippen molar-refractivity contribution in [2.24, 2.45) is 0 Å². The van der Waals surface area contributed by atoms with E-state index < -0.39 is 0 Å². The molecule has 0 amide bonds. The zero-order chi connectivity index (χ0) is 30.9. The second-order valence-electron chi connectivity index (χ2n) is 12.0. The van der Waals surface area contributed by atoms with Gasteiger partial charge in [-0.25, -0.2) is 15.0 Å². The molecule has 0 fully saturated rings. The van der Waals surface area contributed by atoms with Crippen LogP contribution in [0.3, 0.4) is 0 Å². The van der Waals surface area contributed by atoms with E-state index in [1.165, 1.54) is 58.1 Å². The van der Waals surface area contributed by atoms with Crippen molar-refractivity contribution in [3.8, 4) is 45.3 Å². The molecule has 0 aliphatic carbocycles. The molecule has 0 spiro atoms. The Morgan fingerprint density at radius 3 is 1.55 bits per heavy atom. The Hall–Kier alpha value is -5.97. The number of rotatable bonds is 4. The van der Waals surface area contributed by atoms with E-state index in [9.17, 15) is 0 Å². The zero-order valence-electron chi connectivity index (χ0n) is 25.2. The summed E-state index contributed by atoms with van der Waals surface area (Å²) in [4.78, 5) is 14.9. The van der Waals surface area contributed by atoms with Gasteiger partial charge in [0, 0.05) is 36.9 Å². The molecule has 0 bridgehead atoms. The summed E-state index contributed by atoms with van der Waals surface area (Å²) in [6.07, 6.45) is 0. The minimum absolute atomic E-state index is 0.660. The molecule has 8 aromatic carbocycles. The van der Waals surface area contributed by atoms with E-state index in [1.54, 1.807) is 0 Å². The summed E-state index contributed by atoms with van der Waals surface area (Å²) in [5.41, 5.74) is 5.26. The highest BCUT2D eigenvalue weighted by Gasteiger charge is 2.20. The molecule has 10 aromatic rings. The van der Waals surface area contributed by atoms with Crippen LogP contribution in [-0.4, -0.2) is 15.0 Å². The molecular weight excluding hydrogens is 591 g/mol. The topological polar surface area (TPSA) is 38.7 Å². The minimum atomic E-state index is 0.660. The van der Waals surface area contributed by atoms with Gasteiger partial charge in [-0.3, -0.25) is 0 Å². The standard InChI is InChI=1S/C43H25N3S/c1-3-11-26(12-4-1)41-44-42(27-13-5-2-6-14-27)46-43(45-41)31-18-9-17-30(23-31)32-21-22-34-36-25-29-16-8-7-15-28(29)24-35(36)33-19-10-20-37-38(33)39(34)40(32)47-37/h1-25H. The lowest BCUT2D eigenvalue weighted by Crippen LogP contribution is -2.00. The molecule has 0 N–H and O–H groups in total. The molecule has 3 nitrogen and oxygen atoms in total. The third kappa shape index (κ3) is 4.16. The molecule has 0 saturated carbocycles. The average Bonchev–Trinajstić information content (AvgIpc) is 3.55. The van der Waals surface area contributed by atoms with Crippen LogP contribution >= 0.6 is 11.3 Å². The maximum Gasteiger partial charge on any atom is 0.164 e. The Balaban J connectivity index is 1.19. The van der Waals surface area contributed by atoms with Crippen molar-refractivity contribution in [3.63, 3.8) is 0 Å². The summed E-state index contributed by atoms with van der Waals surface area (Å²) in [6.45, 7) is 0. The molecule has 0 radical (unpaired) electrons. The quantitative estimate of drug-likeness (QED) is 0.146. The summed E-state index contributed by atoms with van der Waals surface area (Å²) >= 11 is 1.89. The number of fused-ring (bicyclic) bond motifs is 4. The summed E-state index contributed by atoms with van der Waals surface area (Å²) < 4.78 is 2.63. The Labute approximate surface area is 274 Å². The first-order chi connectivity index (χ1) is 23.3. The molecule has 4 heteroatoms.